The summed E-state index contributed by atoms with van der Waals surface area (Å²) in [4.78, 5) is 0. The molecule has 0 saturated heterocycles. The summed E-state index contributed by atoms with van der Waals surface area (Å²) in [6, 6.07) is 0. The van der Waals surface area contributed by atoms with Gasteiger partial charge in [-0.05, 0) is 35.2 Å². The van der Waals surface area contributed by atoms with Crippen LogP contribution in [0.3, 0.4) is 0 Å². The first-order valence-electron chi connectivity index (χ1n) is 3.80. The van der Waals surface area contributed by atoms with Gasteiger partial charge in [0, 0.05) is 0 Å². The average Bonchev–Trinajstić information content (AvgIpc) is 1.97. The topological polar surface area (TPSA) is 0 Å². The Morgan fingerprint density at radius 1 is 0.900 bits per heavy atom. The van der Waals surface area contributed by atoms with Crippen molar-refractivity contribution in [2.75, 3.05) is 11.5 Å². The first-order valence-corrected chi connectivity index (χ1v) is 5.89. The van der Waals surface area contributed by atoms with Gasteiger partial charge < -0.3 is 0 Å². The molecule has 0 aliphatic carbocycles. The largest absolute Gasteiger partial charge is 0.134 e. The molecule has 0 saturated carbocycles. The van der Waals surface area contributed by atoms with E-state index in [0.717, 1.165) is 0 Å². The summed E-state index contributed by atoms with van der Waals surface area (Å²) in [7, 11) is 0. The van der Waals surface area contributed by atoms with Crippen molar-refractivity contribution in [1.29, 1.82) is 0 Å². The summed E-state index contributed by atoms with van der Waals surface area (Å²) in [5.74, 6) is 2.51. The average molecular weight is 176 g/mol. The van der Waals surface area contributed by atoms with E-state index in [1.165, 1.54) is 24.3 Å². The number of hydrogen-bond acceptors (Lipinski definition) is 2. The minimum absolute atomic E-state index is 1.25. The molecule has 0 aromatic carbocycles. The minimum atomic E-state index is 1.25. The van der Waals surface area contributed by atoms with Crippen LogP contribution in [0.25, 0.3) is 0 Å². The lowest BCUT2D eigenvalue weighted by atomic mass is 10.6. The Morgan fingerprint density at radius 2 is 1.30 bits per heavy atom. The van der Waals surface area contributed by atoms with Crippen LogP contribution in [0.5, 0.6) is 0 Å². The van der Waals surface area contributed by atoms with Crippen molar-refractivity contribution in [1.82, 2.24) is 0 Å². The minimum Gasteiger partial charge on any atom is -0.134 e. The Morgan fingerprint density at radius 3 is 1.60 bits per heavy atom. The Bertz CT molecular complexity index is 69.3. The van der Waals surface area contributed by atoms with E-state index >= 15 is 0 Å². The predicted octanol–water partition coefficient (Wildman–Crippen LogP) is 3.74. The molecule has 0 spiro atoms. The van der Waals surface area contributed by atoms with E-state index in [4.69, 9.17) is 0 Å². The van der Waals surface area contributed by atoms with Crippen molar-refractivity contribution in [3.05, 3.63) is 10.8 Å². The molecule has 60 valence electrons. The maximum atomic E-state index is 2.21. The first kappa shape index (κ1) is 10.4. The summed E-state index contributed by atoms with van der Waals surface area (Å²) in [5.41, 5.74) is 0. The molecule has 0 unspecified atom stereocenters. The normalized spacial score (nSPS) is 11.0. The van der Waals surface area contributed by atoms with Crippen LogP contribution in [0, 0.1) is 0 Å². The van der Waals surface area contributed by atoms with Crippen LogP contribution in [-0.2, 0) is 0 Å². The molecule has 0 fully saturated rings. The second-order valence-electron chi connectivity index (χ2n) is 2.01. The summed E-state index contributed by atoms with van der Waals surface area (Å²) in [5, 5.41) is 4.40. The molecule has 0 nitrogen and oxygen atoms in total. The van der Waals surface area contributed by atoms with E-state index in [2.05, 4.69) is 24.7 Å². The SMILES string of the molecule is CCCS/C=C\SCCC. The van der Waals surface area contributed by atoms with E-state index in [0.29, 0.717) is 0 Å². The lowest BCUT2D eigenvalue weighted by molar-refractivity contribution is 1.11. The molecule has 0 aromatic rings. The summed E-state index contributed by atoms with van der Waals surface area (Å²) >= 11 is 3.80. The third-order valence-corrected chi connectivity index (χ3v) is 3.01. The van der Waals surface area contributed by atoms with Crippen LogP contribution in [0.4, 0.5) is 0 Å². The van der Waals surface area contributed by atoms with E-state index < -0.39 is 0 Å². The molecule has 0 amide bonds. The van der Waals surface area contributed by atoms with E-state index in [1.54, 1.807) is 0 Å². The zero-order chi connectivity index (χ0) is 7.66. The maximum absolute atomic E-state index is 2.21. The van der Waals surface area contributed by atoms with Gasteiger partial charge in [0.1, 0.15) is 0 Å². The Hall–Kier alpha value is 0.440. The van der Waals surface area contributed by atoms with E-state index in [-0.39, 0.29) is 0 Å². The van der Waals surface area contributed by atoms with Crippen molar-refractivity contribution >= 4 is 23.5 Å². The molecule has 0 aromatic heterocycles. The van der Waals surface area contributed by atoms with Crippen LogP contribution in [0.2, 0.25) is 0 Å². The van der Waals surface area contributed by atoms with Gasteiger partial charge in [-0.25, -0.2) is 0 Å². The van der Waals surface area contributed by atoms with Crippen LogP contribution < -0.4 is 0 Å². The molecule has 0 heterocycles. The van der Waals surface area contributed by atoms with Crippen molar-refractivity contribution in [2.45, 2.75) is 26.7 Å². The lowest BCUT2D eigenvalue weighted by Gasteiger charge is -1.89. The van der Waals surface area contributed by atoms with Gasteiger partial charge in [0.25, 0.3) is 0 Å². The molecule has 2 heteroatoms. The van der Waals surface area contributed by atoms with Gasteiger partial charge in [-0.15, -0.1) is 23.5 Å². The van der Waals surface area contributed by atoms with Crippen molar-refractivity contribution in [3.8, 4) is 0 Å². The van der Waals surface area contributed by atoms with Gasteiger partial charge in [0.15, 0.2) is 0 Å². The van der Waals surface area contributed by atoms with Gasteiger partial charge in [-0.1, -0.05) is 13.8 Å². The molecule has 0 rings (SSSR count). The predicted molar refractivity (Wildman–Crippen MR) is 54.6 cm³/mol. The Kier molecular flexibility index (Phi) is 9.86. The van der Waals surface area contributed by atoms with E-state index in [1.807, 2.05) is 23.5 Å². The highest BCUT2D eigenvalue weighted by Crippen LogP contribution is 2.10. The first-order chi connectivity index (χ1) is 4.91. The highest BCUT2D eigenvalue weighted by molar-refractivity contribution is 8.05. The molecule has 0 bridgehead atoms. The van der Waals surface area contributed by atoms with Gasteiger partial charge in [0.2, 0.25) is 0 Å². The number of rotatable bonds is 6. The van der Waals surface area contributed by atoms with Crippen LogP contribution >= 0.6 is 23.5 Å². The Balaban J connectivity index is 2.89. The summed E-state index contributed by atoms with van der Waals surface area (Å²) in [6.45, 7) is 4.42. The van der Waals surface area contributed by atoms with Crippen molar-refractivity contribution in [2.24, 2.45) is 0 Å². The van der Waals surface area contributed by atoms with Gasteiger partial charge >= 0.3 is 0 Å². The molecule has 0 atom stereocenters. The zero-order valence-corrected chi connectivity index (χ0v) is 8.43. The third kappa shape index (κ3) is 8.44. The second kappa shape index (κ2) is 9.44. The molecule has 0 N–H and O–H groups in total. The highest BCUT2D eigenvalue weighted by atomic mass is 32.2. The third-order valence-electron chi connectivity index (χ3n) is 0.892. The standard InChI is InChI=1S/C8H16S2/c1-3-5-9-7-8-10-6-4-2/h7-8H,3-6H2,1-2H3/b8-7-. The number of hydrogen-bond donors (Lipinski definition) is 0. The fraction of sp³-hybridized carbons (Fsp3) is 0.750. The van der Waals surface area contributed by atoms with Crippen molar-refractivity contribution < 1.29 is 0 Å². The van der Waals surface area contributed by atoms with Gasteiger partial charge in [-0.3, -0.25) is 0 Å². The molecular formula is C8H16S2. The summed E-state index contributed by atoms with van der Waals surface area (Å²) in [6.07, 6.45) is 2.54. The van der Waals surface area contributed by atoms with Crippen LogP contribution in [-0.4, -0.2) is 11.5 Å². The highest BCUT2D eigenvalue weighted by Gasteiger charge is 1.78. The molecule has 10 heavy (non-hydrogen) atoms. The van der Waals surface area contributed by atoms with E-state index in [9.17, 15) is 0 Å². The number of thioether (sulfide) groups is 2. The quantitative estimate of drug-likeness (QED) is 0.565. The van der Waals surface area contributed by atoms with Gasteiger partial charge in [-0.2, -0.15) is 0 Å². The van der Waals surface area contributed by atoms with Crippen LogP contribution in [0.15, 0.2) is 10.8 Å². The van der Waals surface area contributed by atoms with Crippen molar-refractivity contribution in [3.63, 3.8) is 0 Å². The molecular weight excluding hydrogens is 160 g/mol. The summed E-state index contributed by atoms with van der Waals surface area (Å²) < 4.78 is 0. The van der Waals surface area contributed by atoms with Gasteiger partial charge in [0.05, 0.1) is 0 Å². The smallest absolute Gasteiger partial charge is 0.00284 e. The Labute approximate surface area is 72.9 Å². The monoisotopic (exact) mass is 176 g/mol. The van der Waals surface area contributed by atoms with Crippen LogP contribution in [0.1, 0.15) is 26.7 Å². The molecule has 0 aliphatic rings. The molecule has 0 aliphatic heterocycles. The second-order valence-corrected chi connectivity index (χ2v) is 4.04. The molecule has 0 radical (unpaired) electrons. The lowest BCUT2D eigenvalue weighted by Crippen LogP contribution is -1.68. The zero-order valence-electron chi connectivity index (χ0n) is 6.80. The fourth-order valence-corrected chi connectivity index (χ4v) is 1.82. The fourth-order valence-electron chi connectivity index (χ4n) is 0.450. The maximum Gasteiger partial charge on any atom is -0.00284 e.